The minimum Gasteiger partial charge on any atom is -0.363 e. The summed E-state index contributed by atoms with van der Waals surface area (Å²) in [7, 11) is 0. The van der Waals surface area contributed by atoms with Gasteiger partial charge in [0.05, 0.1) is 6.54 Å². The lowest BCUT2D eigenvalue weighted by atomic mass is 10.2. The van der Waals surface area contributed by atoms with Crippen molar-refractivity contribution < 1.29 is 0 Å². The number of hydrogen-bond donors (Lipinski definition) is 1. The Morgan fingerprint density at radius 1 is 0.957 bits per heavy atom. The van der Waals surface area contributed by atoms with Crippen molar-refractivity contribution >= 4 is 11.6 Å². The second-order valence-corrected chi connectivity index (χ2v) is 6.30. The Kier molecular flexibility index (Phi) is 4.08. The highest BCUT2D eigenvalue weighted by atomic mass is 15.3. The average Bonchev–Trinajstić information content (AvgIpc) is 3.19. The Bertz CT molecular complexity index is 660. The highest BCUT2D eigenvalue weighted by Crippen LogP contribution is 2.20. The molecule has 122 valence electrons. The zero-order valence-electron chi connectivity index (χ0n) is 13.4. The lowest BCUT2D eigenvalue weighted by Gasteiger charge is -2.16. The van der Waals surface area contributed by atoms with Gasteiger partial charge in [0.2, 0.25) is 0 Å². The van der Waals surface area contributed by atoms with Crippen LogP contribution in [0.1, 0.15) is 43.8 Å². The minimum absolute atomic E-state index is 0.656. The monoisotopic (exact) mass is 313 g/mol. The van der Waals surface area contributed by atoms with E-state index in [1.165, 1.54) is 32.1 Å². The molecule has 2 aliphatic rings. The van der Waals surface area contributed by atoms with Crippen molar-refractivity contribution in [3.63, 3.8) is 0 Å². The summed E-state index contributed by atoms with van der Waals surface area (Å²) in [6, 6.07) is 2.03. The fraction of sp³-hybridized carbons (Fsp3) is 0.625. The summed E-state index contributed by atoms with van der Waals surface area (Å²) < 4.78 is 2.27. The molecule has 1 N–H and O–H groups in total. The van der Waals surface area contributed by atoms with E-state index in [0.29, 0.717) is 6.54 Å². The summed E-state index contributed by atoms with van der Waals surface area (Å²) in [5.41, 5.74) is 0. The van der Waals surface area contributed by atoms with E-state index in [1.807, 2.05) is 6.07 Å². The zero-order chi connectivity index (χ0) is 15.5. The lowest BCUT2D eigenvalue weighted by Crippen LogP contribution is -2.19. The van der Waals surface area contributed by atoms with E-state index < -0.39 is 0 Å². The van der Waals surface area contributed by atoms with Crippen LogP contribution in [0.4, 0.5) is 11.6 Å². The SMILES string of the molecule is c1nc(NCc2nnc3n2CCCCC3)cc(N2CCCC2)n1. The van der Waals surface area contributed by atoms with Crippen LogP contribution in [-0.4, -0.2) is 37.8 Å². The van der Waals surface area contributed by atoms with Crippen LogP contribution in [0.15, 0.2) is 12.4 Å². The van der Waals surface area contributed by atoms with Crippen LogP contribution in [0.5, 0.6) is 0 Å². The maximum absolute atomic E-state index is 4.39. The Labute approximate surface area is 136 Å². The van der Waals surface area contributed by atoms with Crippen LogP contribution in [0.2, 0.25) is 0 Å². The first-order valence-electron chi connectivity index (χ1n) is 8.62. The van der Waals surface area contributed by atoms with Crippen molar-refractivity contribution in [1.82, 2.24) is 24.7 Å². The third kappa shape index (κ3) is 3.13. The van der Waals surface area contributed by atoms with Gasteiger partial charge >= 0.3 is 0 Å². The topological polar surface area (TPSA) is 71.8 Å². The molecule has 4 heterocycles. The van der Waals surface area contributed by atoms with Crippen LogP contribution < -0.4 is 10.2 Å². The second kappa shape index (κ2) is 6.52. The first-order chi connectivity index (χ1) is 11.4. The van der Waals surface area contributed by atoms with Gasteiger partial charge in [0, 0.05) is 32.1 Å². The molecule has 0 atom stereocenters. The Hall–Kier alpha value is -2.18. The van der Waals surface area contributed by atoms with Gasteiger partial charge in [-0.25, -0.2) is 9.97 Å². The molecule has 2 aliphatic heterocycles. The first kappa shape index (κ1) is 14.4. The van der Waals surface area contributed by atoms with E-state index in [2.05, 4.69) is 34.9 Å². The first-order valence-corrected chi connectivity index (χ1v) is 8.62. The van der Waals surface area contributed by atoms with Crippen molar-refractivity contribution in [3.8, 4) is 0 Å². The molecule has 0 bridgehead atoms. The molecule has 7 heteroatoms. The third-order valence-corrected chi connectivity index (χ3v) is 4.70. The second-order valence-electron chi connectivity index (χ2n) is 6.30. The van der Waals surface area contributed by atoms with Gasteiger partial charge in [-0.1, -0.05) is 6.42 Å². The molecular formula is C16H23N7. The molecule has 0 spiro atoms. The minimum atomic E-state index is 0.656. The molecule has 0 aliphatic carbocycles. The van der Waals surface area contributed by atoms with Gasteiger partial charge in [0.15, 0.2) is 5.82 Å². The van der Waals surface area contributed by atoms with E-state index in [4.69, 9.17) is 0 Å². The Morgan fingerprint density at radius 3 is 2.74 bits per heavy atom. The quantitative estimate of drug-likeness (QED) is 0.931. The molecule has 0 amide bonds. The Balaban J connectivity index is 1.45. The van der Waals surface area contributed by atoms with Gasteiger partial charge in [0.25, 0.3) is 0 Å². The molecular weight excluding hydrogens is 290 g/mol. The molecule has 1 saturated heterocycles. The fourth-order valence-corrected chi connectivity index (χ4v) is 3.41. The van der Waals surface area contributed by atoms with Gasteiger partial charge < -0.3 is 14.8 Å². The maximum atomic E-state index is 4.39. The molecule has 4 rings (SSSR count). The summed E-state index contributed by atoms with van der Waals surface area (Å²) >= 11 is 0. The number of nitrogens with zero attached hydrogens (tertiary/aromatic N) is 6. The van der Waals surface area contributed by atoms with Crippen molar-refractivity contribution in [2.24, 2.45) is 0 Å². The van der Waals surface area contributed by atoms with Crippen LogP contribution in [0.25, 0.3) is 0 Å². The van der Waals surface area contributed by atoms with Crippen LogP contribution in [0.3, 0.4) is 0 Å². The summed E-state index contributed by atoms with van der Waals surface area (Å²) in [6.45, 7) is 3.87. The number of rotatable bonds is 4. The average molecular weight is 313 g/mol. The summed E-state index contributed by atoms with van der Waals surface area (Å²) in [6.07, 6.45) is 8.89. The van der Waals surface area contributed by atoms with Crippen molar-refractivity contribution in [2.75, 3.05) is 23.3 Å². The number of aromatic nitrogens is 5. The summed E-state index contributed by atoms with van der Waals surface area (Å²) in [5, 5.41) is 12.1. The molecule has 0 aromatic carbocycles. The van der Waals surface area contributed by atoms with Crippen molar-refractivity contribution in [2.45, 2.75) is 51.6 Å². The molecule has 0 saturated carbocycles. The van der Waals surface area contributed by atoms with E-state index in [-0.39, 0.29) is 0 Å². The number of hydrogen-bond acceptors (Lipinski definition) is 6. The summed E-state index contributed by atoms with van der Waals surface area (Å²) in [4.78, 5) is 11.0. The fourth-order valence-electron chi connectivity index (χ4n) is 3.41. The highest BCUT2D eigenvalue weighted by Gasteiger charge is 2.16. The molecule has 2 aromatic rings. The predicted octanol–water partition coefficient (Wildman–Crippen LogP) is 2.01. The smallest absolute Gasteiger partial charge is 0.152 e. The summed E-state index contributed by atoms with van der Waals surface area (Å²) in [5.74, 6) is 4.00. The van der Waals surface area contributed by atoms with Gasteiger partial charge in [-0.3, -0.25) is 0 Å². The molecule has 0 radical (unpaired) electrons. The predicted molar refractivity (Wildman–Crippen MR) is 88.4 cm³/mol. The van der Waals surface area contributed by atoms with Crippen molar-refractivity contribution in [1.29, 1.82) is 0 Å². The highest BCUT2D eigenvalue weighted by molar-refractivity contribution is 5.48. The number of fused-ring (bicyclic) bond motifs is 1. The van der Waals surface area contributed by atoms with Crippen LogP contribution >= 0.6 is 0 Å². The lowest BCUT2D eigenvalue weighted by molar-refractivity contribution is 0.609. The van der Waals surface area contributed by atoms with Crippen LogP contribution in [-0.2, 0) is 19.5 Å². The van der Waals surface area contributed by atoms with E-state index >= 15 is 0 Å². The van der Waals surface area contributed by atoms with E-state index in [1.54, 1.807) is 6.33 Å². The molecule has 23 heavy (non-hydrogen) atoms. The van der Waals surface area contributed by atoms with E-state index in [0.717, 1.165) is 49.3 Å². The number of anilines is 2. The Morgan fingerprint density at radius 2 is 1.83 bits per heavy atom. The number of nitrogens with one attached hydrogen (secondary N) is 1. The maximum Gasteiger partial charge on any atom is 0.152 e. The van der Waals surface area contributed by atoms with E-state index in [9.17, 15) is 0 Å². The zero-order valence-corrected chi connectivity index (χ0v) is 13.4. The van der Waals surface area contributed by atoms with Gasteiger partial charge in [-0.05, 0) is 25.7 Å². The van der Waals surface area contributed by atoms with Crippen LogP contribution in [0, 0.1) is 0 Å². The van der Waals surface area contributed by atoms with Gasteiger partial charge in [0.1, 0.15) is 23.8 Å². The third-order valence-electron chi connectivity index (χ3n) is 4.70. The molecule has 2 aromatic heterocycles. The molecule has 0 unspecified atom stereocenters. The normalized spacial score (nSPS) is 17.8. The van der Waals surface area contributed by atoms with Crippen molar-refractivity contribution in [3.05, 3.63) is 24.0 Å². The largest absolute Gasteiger partial charge is 0.363 e. The number of aryl methyl sites for hydroxylation is 1. The molecule has 1 fully saturated rings. The van der Waals surface area contributed by atoms with Gasteiger partial charge in [-0.15, -0.1) is 10.2 Å². The van der Waals surface area contributed by atoms with Gasteiger partial charge in [-0.2, -0.15) is 0 Å². The standard InChI is InChI=1S/C16H23N7/c1-2-6-14-20-21-16(23(14)9-3-1)11-17-13-10-15(19-12-18-13)22-7-4-5-8-22/h10,12H,1-9,11H2,(H,17,18,19). The molecule has 7 nitrogen and oxygen atoms in total.